The number of imidazole rings is 1. The second kappa shape index (κ2) is 6.07. The van der Waals surface area contributed by atoms with Gasteiger partial charge in [-0.2, -0.15) is 5.10 Å². The van der Waals surface area contributed by atoms with Gasteiger partial charge in [0.05, 0.1) is 17.4 Å². The highest BCUT2D eigenvalue weighted by Crippen LogP contribution is 2.22. The highest BCUT2D eigenvalue weighted by atomic mass is 16.2. The van der Waals surface area contributed by atoms with Gasteiger partial charge in [-0.3, -0.25) is 13.9 Å². The number of amides is 1. The van der Waals surface area contributed by atoms with Gasteiger partial charge in [0.2, 0.25) is 5.78 Å². The van der Waals surface area contributed by atoms with Crippen LogP contribution >= 0.6 is 0 Å². The number of aryl methyl sites for hydroxylation is 3. The molecule has 0 aliphatic rings. The number of fused-ring (bicyclic) bond motifs is 1. The third-order valence-electron chi connectivity index (χ3n) is 4.31. The Kier molecular flexibility index (Phi) is 4.09. The summed E-state index contributed by atoms with van der Waals surface area (Å²) in [6, 6.07) is 1.65. The van der Waals surface area contributed by atoms with Crippen molar-refractivity contribution in [2.45, 2.75) is 47.2 Å². The van der Waals surface area contributed by atoms with Crippen molar-refractivity contribution in [1.29, 1.82) is 0 Å². The number of carbonyl (C=O) groups excluding carboxylic acids is 1. The van der Waals surface area contributed by atoms with E-state index in [1.54, 1.807) is 22.9 Å². The van der Waals surface area contributed by atoms with Crippen LogP contribution in [0.5, 0.6) is 0 Å². The molecule has 0 bridgehead atoms. The monoisotopic (exact) mass is 326 g/mol. The van der Waals surface area contributed by atoms with Gasteiger partial charge < -0.3 is 5.32 Å². The number of hydrogen-bond donors (Lipinski definition) is 1. The predicted molar refractivity (Wildman–Crippen MR) is 91.0 cm³/mol. The van der Waals surface area contributed by atoms with Crippen molar-refractivity contribution in [2.75, 3.05) is 0 Å². The van der Waals surface area contributed by atoms with Crippen LogP contribution in [0, 0.1) is 20.8 Å². The minimum Gasteiger partial charge on any atom is -0.344 e. The molecule has 24 heavy (non-hydrogen) atoms. The Morgan fingerprint density at radius 3 is 2.71 bits per heavy atom. The second-order valence-corrected chi connectivity index (χ2v) is 5.93. The average molecular weight is 326 g/mol. The zero-order valence-electron chi connectivity index (χ0n) is 14.7. The van der Waals surface area contributed by atoms with E-state index in [9.17, 15) is 4.79 Å². The lowest BCUT2D eigenvalue weighted by molar-refractivity contribution is 0.0933. The molecule has 1 atom stereocenters. The van der Waals surface area contributed by atoms with E-state index in [1.807, 2.05) is 32.4 Å². The van der Waals surface area contributed by atoms with Crippen molar-refractivity contribution in [3.8, 4) is 0 Å². The van der Waals surface area contributed by atoms with Gasteiger partial charge in [0.1, 0.15) is 5.69 Å². The minimum absolute atomic E-state index is 0.139. The Morgan fingerprint density at radius 1 is 1.29 bits per heavy atom. The zero-order chi connectivity index (χ0) is 17.4. The minimum atomic E-state index is -0.163. The Morgan fingerprint density at radius 2 is 2.04 bits per heavy atom. The molecular weight excluding hydrogens is 304 g/mol. The fraction of sp³-hybridized carbons (Fsp3) is 0.412. The number of nitrogens with zero attached hydrogens (tertiary/aromatic N) is 5. The first kappa shape index (κ1) is 16.2. The highest BCUT2D eigenvalue weighted by Gasteiger charge is 2.22. The smallest absolute Gasteiger partial charge is 0.270 e. The third kappa shape index (κ3) is 2.55. The molecule has 1 amide bonds. The Hall–Kier alpha value is -2.70. The van der Waals surface area contributed by atoms with Gasteiger partial charge in [-0.15, -0.1) is 0 Å². The molecule has 126 valence electrons. The van der Waals surface area contributed by atoms with Crippen molar-refractivity contribution < 1.29 is 4.79 Å². The van der Waals surface area contributed by atoms with E-state index >= 15 is 0 Å². The molecule has 0 aliphatic heterocycles. The number of aromatic nitrogens is 5. The van der Waals surface area contributed by atoms with Crippen molar-refractivity contribution in [3.05, 3.63) is 46.8 Å². The van der Waals surface area contributed by atoms with Crippen molar-refractivity contribution >= 4 is 11.7 Å². The fourth-order valence-electron chi connectivity index (χ4n) is 3.25. The molecule has 3 aromatic rings. The van der Waals surface area contributed by atoms with E-state index in [1.165, 1.54) is 0 Å². The van der Waals surface area contributed by atoms with Gasteiger partial charge in [0.25, 0.3) is 5.91 Å². The molecule has 0 aliphatic carbocycles. The molecule has 3 aromatic heterocycles. The summed E-state index contributed by atoms with van der Waals surface area (Å²) < 4.78 is 3.67. The van der Waals surface area contributed by atoms with E-state index in [2.05, 4.69) is 27.3 Å². The van der Waals surface area contributed by atoms with Crippen LogP contribution in [0.3, 0.4) is 0 Å². The first-order valence-corrected chi connectivity index (χ1v) is 8.08. The fourth-order valence-corrected chi connectivity index (χ4v) is 3.25. The van der Waals surface area contributed by atoms with Crippen LogP contribution in [-0.2, 0) is 6.54 Å². The van der Waals surface area contributed by atoms with Crippen molar-refractivity contribution in [1.82, 2.24) is 29.5 Å². The largest absolute Gasteiger partial charge is 0.344 e. The first-order chi connectivity index (χ1) is 11.4. The van der Waals surface area contributed by atoms with E-state index in [-0.39, 0.29) is 11.9 Å². The summed E-state index contributed by atoms with van der Waals surface area (Å²) in [5, 5.41) is 7.59. The first-order valence-electron chi connectivity index (χ1n) is 8.08. The van der Waals surface area contributed by atoms with Crippen molar-refractivity contribution in [3.63, 3.8) is 0 Å². The Balaban J connectivity index is 1.92. The summed E-state index contributed by atoms with van der Waals surface area (Å²) in [5.41, 5.74) is 4.27. The summed E-state index contributed by atoms with van der Waals surface area (Å²) >= 11 is 0. The normalized spacial score (nSPS) is 12.5. The lowest BCUT2D eigenvalue weighted by Gasteiger charge is -2.15. The Bertz CT molecular complexity index is 907. The highest BCUT2D eigenvalue weighted by molar-refractivity contribution is 5.94. The third-order valence-corrected chi connectivity index (χ3v) is 4.31. The van der Waals surface area contributed by atoms with Crippen LogP contribution in [-0.4, -0.2) is 30.1 Å². The van der Waals surface area contributed by atoms with Crippen LogP contribution in [0.25, 0.3) is 5.78 Å². The number of nitrogens with one attached hydrogen (secondary N) is 1. The molecule has 1 unspecified atom stereocenters. The van der Waals surface area contributed by atoms with E-state index in [0.717, 1.165) is 23.5 Å². The zero-order valence-corrected chi connectivity index (χ0v) is 14.7. The summed E-state index contributed by atoms with van der Waals surface area (Å²) in [4.78, 5) is 21.3. The average Bonchev–Trinajstić information content (AvgIpc) is 3.02. The van der Waals surface area contributed by atoms with Crippen LogP contribution < -0.4 is 5.32 Å². The van der Waals surface area contributed by atoms with Gasteiger partial charge in [0, 0.05) is 30.2 Å². The maximum atomic E-state index is 12.8. The molecule has 0 radical (unpaired) electrons. The summed E-state index contributed by atoms with van der Waals surface area (Å²) in [6.45, 7) is 10.7. The van der Waals surface area contributed by atoms with E-state index < -0.39 is 0 Å². The molecule has 0 spiro atoms. The van der Waals surface area contributed by atoms with E-state index in [0.29, 0.717) is 17.2 Å². The molecule has 7 nitrogen and oxygen atoms in total. The van der Waals surface area contributed by atoms with Gasteiger partial charge in [-0.1, -0.05) is 0 Å². The topological polar surface area (TPSA) is 77.1 Å². The van der Waals surface area contributed by atoms with Crippen molar-refractivity contribution in [2.24, 2.45) is 0 Å². The number of hydrogen-bond acceptors (Lipinski definition) is 4. The van der Waals surface area contributed by atoms with Gasteiger partial charge >= 0.3 is 0 Å². The van der Waals surface area contributed by atoms with Gasteiger partial charge in [0.15, 0.2) is 0 Å². The lowest BCUT2D eigenvalue weighted by atomic mass is 10.1. The standard InChI is InChI=1S/C17H22N6O/c1-6-23-13(5)14(11(3)21-23)10(2)19-16(24)15-12(4)20-17-18-8-7-9-22(15)17/h7-10H,6H2,1-5H3,(H,19,24). The number of rotatable bonds is 4. The summed E-state index contributed by atoms with van der Waals surface area (Å²) in [6.07, 6.45) is 3.46. The molecule has 0 fully saturated rings. The van der Waals surface area contributed by atoms with Crippen LogP contribution in [0.2, 0.25) is 0 Å². The molecular formula is C17H22N6O. The summed E-state index contributed by atoms with van der Waals surface area (Å²) in [5.74, 6) is 0.363. The van der Waals surface area contributed by atoms with E-state index in [4.69, 9.17) is 0 Å². The van der Waals surface area contributed by atoms with Gasteiger partial charge in [-0.05, 0) is 40.7 Å². The SMILES string of the molecule is CCn1nc(C)c(C(C)NC(=O)c2c(C)nc3ncccn23)c1C. The predicted octanol–water partition coefficient (Wildman–Crippen LogP) is 2.36. The molecule has 3 rings (SSSR count). The molecule has 0 saturated carbocycles. The Labute approximate surface area is 140 Å². The second-order valence-electron chi connectivity index (χ2n) is 5.93. The lowest BCUT2D eigenvalue weighted by Crippen LogP contribution is -2.29. The molecule has 7 heteroatoms. The molecule has 1 N–H and O–H groups in total. The summed E-state index contributed by atoms with van der Waals surface area (Å²) in [7, 11) is 0. The maximum Gasteiger partial charge on any atom is 0.270 e. The van der Waals surface area contributed by atoms with Crippen LogP contribution in [0.4, 0.5) is 0 Å². The van der Waals surface area contributed by atoms with Crippen LogP contribution in [0.15, 0.2) is 18.5 Å². The number of carbonyl (C=O) groups is 1. The van der Waals surface area contributed by atoms with Crippen LogP contribution in [0.1, 0.15) is 53.0 Å². The molecule has 3 heterocycles. The van der Waals surface area contributed by atoms with Gasteiger partial charge in [-0.25, -0.2) is 9.97 Å². The molecule has 0 saturated heterocycles. The quantitative estimate of drug-likeness (QED) is 0.798. The molecule has 0 aromatic carbocycles. The maximum absolute atomic E-state index is 12.8.